The Morgan fingerprint density at radius 2 is 2.00 bits per heavy atom. The van der Waals surface area contributed by atoms with Gasteiger partial charge in [0.15, 0.2) is 5.82 Å². The predicted molar refractivity (Wildman–Crippen MR) is 75.4 cm³/mol. The van der Waals surface area contributed by atoms with Crippen LogP contribution in [0.1, 0.15) is 6.42 Å². The first kappa shape index (κ1) is 12.8. The average molecular weight is 253 g/mol. The molecule has 0 aliphatic rings. The molecule has 0 fully saturated rings. The maximum Gasteiger partial charge on any atom is 0.163 e. The van der Waals surface area contributed by atoms with Crippen LogP contribution >= 0.6 is 0 Å². The molecule has 0 atom stereocenters. The van der Waals surface area contributed by atoms with Gasteiger partial charge in [-0.05, 0) is 0 Å². The van der Waals surface area contributed by atoms with Crippen LogP contribution in [0.3, 0.4) is 0 Å². The number of nitrogens with two attached hydrogens (primary N) is 1. The maximum absolute atomic E-state index is 8.62. The van der Waals surface area contributed by atoms with E-state index in [1.54, 1.807) is 6.07 Å². The zero-order valence-electron chi connectivity index (χ0n) is 10.7. The van der Waals surface area contributed by atoms with Crippen LogP contribution in [0.2, 0.25) is 0 Å². The van der Waals surface area contributed by atoms with Crippen molar-refractivity contribution in [3.05, 3.63) is 36.4 Å². The quantitative estimate of drug-likeness (QED) is 0.902. The van der Waals surface area contributed by atoms with Crippen molar-refractivity contribution in [3.8, 4) is 17.5 Å². The summed E-state index contributed by atoms with van der Waals surface area (Å²) in [4.78, 5) is 10.6. The molecule has 0 radical (unpaired) electrons. The molecule has 1 heterocycles. The molecule has 2 N–H and O–H groups in total. The van der Waals surface area contributed by atoms with Crippen molar-refractivity contribution in [3.63, 3.8) is 0 Å². The summed E-state index contributed by atoms with van der Waals surface area (Å²) >= 11 is 0. The lowest BCUT2D eigenvalue weighted by Gasteiger charge is -2.17. The van der Waals surface area contributed by atoms with Crippen molar-refractivity contribution < 1.29 is 0 Å². The minimum atomic E-state index is 0.424. The Labute approximate surface area is 112 Å². The summed E-state index contributed by atoms with van der Waals surface area (Å²) in [7, 11) is 1.88. The second kappa shape index (κ2) is 5.83. The molecular formula is C14H15N5. The zero-order valence-corrected chi connectivity index (χ0v) is 10.7. The standard InChI is InChI=1S/C14H15N5/c1-19(9-5-8-15)13-10-12(16)17-14(18-13)11-6-3-2-4-7-11/h2-4,6-7,10H,5,9H2,1H3,(H2,16,17,18). The van der Waals surface area contributed by atoms with E-state index in [-0.39, 0.29) is 0 Å². The van der Waals surface area contributed by atoms with Gasteiger partial charge in [-0.15, -0.1) is 0 Å². The lowest BCUT2D eigenvalue weighted by Crippen LogP contribution is -2.20. The van der Waals surface area contributed by atoms with Crippen LogP contribution < -0.4 is 10.6 Å². The predicted octanol–water partition coefficient (Wildman–Crippen LogP) is 2.08. The zero-order chi connectivity index (χ0) is 13.7. The molecule has 0 aliphatic carbocycles. The molecule has 0 amide bonds. The number of rotatable bonds is 4. The van der Waals surface area contributed by atoms with E-state index in [1.165, 1.54) is 0 Å². The third-order valence-electron chi connectivity index (χ3n) is 2.71. The van der Waals surface area contributed by atoms with Gasteiger partial charge < -0.3 is 10.6 Å². The fourth-order valence-corrected chi connectivity index (χ4v) is 1.70. The highest BCUT2D eigenvalue weighted by atomic mass is 15.2. The van der Waals surface area contributed by atoms with Crippen LogP contribution in [0.15, 0.2) is 36.4 Å². The van der Waals surface area contributed by atoms with Crippen molar-refractivity contribution in [2.45, 2.75) is 6.42 Å². The van der Waals surface area contributed by atoms with Gasteiger partial charge in [-0.25, -0.2) is 9.97 Å². The van der Waals surface area contributed by atoms with E-state index < -0.39 is 0 Å². The van der Waals surface area contributed by atoms with Crippen LogP contribution in [-0.2, 0) is 0 Å². The highest BCUT2D eigenvalue weighted by molar-refractivity contribution is 5.60. The lowest BCUT2D eigenvalue weighted by molar-refractivity contribution is 0.882. The maximum atomic E-state index is 8.62. The monoisotopic (exact) mass is 253 g/mol. The molecule has 0 unspecified atom stereocenters. The molecule has 5 nitrogen and oxygen atoms in total. The Kier molecular flexibility index (Phi) is 3.94. The molecule has 2 rings (SSSR count). The molecule has 1 aromatic heterocycles. The SMILES string of the molecule is CN(CCC#N)c1cc(N)nc(-c2ccccc2)n1. The summed E-state index contributed by atoms with van der Waals surface area (Å²) in [6.07, 6.45) is 0.446. The molecule has 5 heteroatoms. The number of nitriles is 1. The molecule has 0 saturated carbocycles. The Morgan fingerprint density at radius 1 is 1.26 bits per heavy atom. The van der Waals surface area contributed by atoms with E-state index in [4.69, 9.17) is 11.0 Å². The second-order valence-electron chi connectivity index (χ2n) is 4.17. The topological polar surface area (TPSA) is 78.8 Å². The highest BCUT2D eigenvalue weighted by Gasteiger charge is 2.08. The van der Waals surface area contributed by atoms with E-state index >= 15 is 0 Å². The molecular weight excluding hydrogens is 238 g/mol. The van der Waals surface area contributed by atoms with Crippen molar-refractivity contribution >= 4 is 11.6 Å². The van der Waals surface area contributed by atoms with Gasteiger partial charge in [0, 0.05) is 25.2 Å². The third kappa shape index (κ3) is 3.19. The van der Waals surface area contributed by atoms with Crippen LogP contribution in [0.5, 0.6) is 0 Å². The Hall–Kier alpha value is -2.61. The number of benzene rings is 1. The Morgan fingerprint density at radius 3 is 2.68 bits per heavy atom. The summed E-state index contributed by atoms with van der Waals surface area (Å²) in [5, 5.41) is 8.62. The van der Waals surface area contributed by atoms with Gasteiger partial charge >= 0.3 is 0 Å². The van der Waals surface area contributed by atoms with Crippen molar-refractivity contribution in [2.75, 3.05) is 24.2 Å². The smallest absolute Gasteiger partial charge is 0.163 e. The summed E-state index contributed by atoms with van der Waals surface area (Å²) in [5.41, 5.74) is 6.74. The normalized spacial score (nSPS) is 9.89. The molecule has 0 saturated heterocycles. The number of hydrogen-bond donors (Lipinski definition) is 1. The van der Waals surface area contributed by atoms with Gasteiger partial charge in [0.1, 0.15) is 11.6 Å². The number of aromatic nitrogens is 2. The number of nitrogens with zero attached hydrogens (tertiary/aromatic N) is 4. The molecule has 0 aliphatic heterocycles. The van der Waals surface area contributed by atoms with Crippen molar-refractivity contribution in [2.24, 2.45) is 0 Å². The minimum absolute atomic E-state index is 0.424. The van der Waals surface area contributed by atoms with Crippen LogP contribution in [0.25, 0.3) is 11.4 Å². The van der Waals surface area contributed by atoms with Gasteiger partial charge in [0.25, 0.3) is 0 Å². The molecule has 96 valence electrons. The lowest BCUT2D eigenvalue weighted by atomic mass is 10.2. The fourth-order valence-electron chi connectivity index (χ4n) is 1.70. The fraction of sp³-hybridized carbons (Fsp3) is 0.214. The number of anilines is 2. The first-order valence-corrected chi connectivity index (χ1v) is 5.99. The summed E-state index contributed by atoms with van der Waals surface area (Å²) < 4.78 is 0. The molecule has 0 bridgehead atoms. The van der Waals surface area contributed by atoms with Gasteiger partial charge in [-0.2, -0.15) is 5.26 Å². The first-order chi connectivity index (χ1) is 9.20. The van der Waals surface area contributed by atoms with E-state index in [0.29, 0.717) is 24.6 Å². The van der Waals surface area contributed by atoms with Gasteiger partial charge in [0.2, 0.25) is 0 Å². The van der Waals surface area contributed by atoms with Crippen molar-refractivity contribution in [1.29, 1.82) is 5.26 Å². The summed E-state index contributed by atoms with van der Waals surface area (Å²) in [6, 6.07) is 13.5. The van der Waals surface area contributed by atoms with E-state index in [1.807, 2.05) is 42.3 Å². The Balaban J connectivity index is 2.33. The van der Waals surface area contributed by atoms with Gasteiger partial charge in [-0.3, -0.25) is 0 Å². The van der Waals surface area contributed by atoms with Crippen molar-refractivity contribution in [1.82, 2.24) is 9.97 Å². The highest BCUT2D eigenvalue weighted by Crippen LogP contribution is 2.20. The van der Waals surface area contributed by atoms with Crippen LogP contribution in [0, 0.1) is 11.3 Å². The third-order valence-corrected chi connectivity index (χ3v) is 2.71. The number of hydrogen-bond acceptors (Lipinski definition) is 5. The number of nitrogen functional groups attached to an aromatic ring is 1. The molecule has 19 heavy (non-hydrogen) atoms. The minimum Gasteiger partial charge on any atom is -0.384 e. The summed E-state index contributed by atoms with van der Waals surface area (Å²) in [5.74, 6) is 1.74. The first-order valence-electron chi connectivity index (χ1n) is 5.99. The van der Waals surface area contributed by atoms with E-state index in [2.05, 4.69) is 16.0 Å². The van der Waals surface area contributed by atoms with Gasteiger partial charge in [0.05, 0.1) is 12.5 Å². The van der Waals surface area contributed by atoms with E-state index in [0.717, 1.165) is 11.4 Å². The molecule has 2 aromatic rings. The van der Waals surface area contributed by atoms with Gasteiger partial charge in [-0.1, -0.05) is 30.3 Å². The molecule has 1 aromatic carbocycles. The van der Waals surface area contributed by atoms with Crippen LogP contribution in [0.4, 0.5) is 11.6 Å². The van der Waals surface area contributed by atoms with Crippen LogP contribution in [-0.4, -0.2) is 23.6 Å². The Bertz CT molecular complexity index is 589. The largest absolute Gasteiger partial charge is 0.384 e. The second-order valence-corrected chi connectivity index (χ2v) is 4.17. The molecule has 0 spiro atoms. The summed E-state index contributed by atoms with van der Waals surface area (Å²) in [6.45, 7) is 0.612. The average Bonchev–Trinajstić information content (AvgIpc) is 2.45. The van der Waals surface area contributed by atoms with E-state index in [9.17, 15) is 0 Å².